The van der Waals surface area contributed by atoms with Gasteiger partial charge in [0.25, 0.3) is 0 Å². The lowest BCUT2D eigenvalue weighted by atomic mass is 9.97. The van der Waals surface area contributed by atoms with E-state index in [1.54, 1.807) is 6.20 Å². The molecule has 1 saturated heterocycles. The second kappa shape index (κ2) is 15.8. The van der Waals surface area contributed by atoms with Crippen LogP contribution in [0.15, 0.2) is 140 Å². The van der Waals surface area contributed by atoms with E-state index in [1.807, 2.05) is 133 Å². The highest BCUT2D eigenvalue weighted by molar-refractivity contribution is 6.07. The van der Waals surface area contributed by atoms with Crippen LogP contribution < -0.4 is 9.47 Å². The minimum atomic E-state index is -1.08. The van der Waals surface area contributed by atoms with Crippen molar-refractivity contribution in [1.29, 1.82) is 0 Å². The van der Waals surface area contributed by atoms with Gasteiger partial charge in [0.15, 0.2) is 17.6 Å². The molecule has 6 aromatic rings. The normalized spacial score (nSPS) is 21.0. The molecule has 0 unspecified atom stereocenters. The Morgan fingerprint density at radius 3 is 1.77 bits per heavy atom. The van der Waals surface area contributed by atoms with E-state index in [2.05, 4.69) is 4.98 Å². The molecule has 5 atom stereocenters. The van der Waals surface area contributed by atoms with Gasteiger partial charge in [0.2, 0.25) is 6.29 Å². The Labute approximate surface area is 302 Å². The lowest BCUT2D eigenvalue weighted by Gasteiger charge is -2.45. The van der Waals surface area contributed by atoms with Crippen molar-refractivity contribution in [2.24, 2.45) is 0 Å². The van der Waals surface area contributed by atoms with Crippen LogP contribution in [-0.4, -0.2) is 48.3 Å². The van der Waals surface area contributed by atoms with Crippen LogP contribution in [0.4, 0.5) is 0 Å². The minimum absolute atomic E-state index is 0.164. The SMILES string of the molecule is O=C1O[C@H]2[C@H](Oc3c(OCc4ccccc4)ccc4[nH]cc1c34)O[C@H](COCc1ccccc1)[C@@H](OCc1ccccc1)[C@@H]2OCc1ccccc1. The van der Waals surface area contributed by atoms with Gasteiger partial charge in [-0.25, -0.2) is 4.79 Å². The number of H-pyrrole nitrogens is 1. The molecule has 52 heavy (non-hydrogen) atoms. The molecule has 2 aliphatic heterocycles. The highest BCUT2D eigenvalue weighted by Gasteiger charge is 2.52. The van der Waals surface area contributed by atoms with Gasteiger partial charge in [0.05, 0.1) is 42.9 Å². The van der Waals surface area contributed by atoms with Crippen molar-refractivity contribution in [3.05, 3.63) is 167 Å². The smallest absolute Gasteiger partial charge is 0.341 e. The number of aromatic amines is 1. The van der Waals surface area contributed by atoms with Crippen molar-refractivity contribution in [3.63, 3.8) is 0 Å². The van der Waals surface area contributed by atoms with Crippen LogP contribution in [0.1, 0.15) is 32.6 Å². The number of benzene rings is 5. The first-order valence-electron chi connectivity index (χ1n) is 17.5. The maximum Gasteiger partial charge on any atom is 0.341 e. The number of esters is 1. The average molecular weight is 698 g/mol. The third kappa shape index (κ3) is 7.58. The largest absolute Gasteiger partial charge is 0.485 e. The summed E-state index contributed by atoms with van der Waals surface area (Å²) in [6, 6.07) is 43.2. The van der Waals surface area contributed by atoms with Crippen LogP contribution in [0, 0.1) is 0 Å². The molecule has 9 nitrogen and oxygen atoms in total. The van der Waals surface area contributed by atoms with Gasteiger partial charge in [-0.15, -0.1) is 0 Å². The monoisotopic (exact) mass is 697 g/mol. The first-order chi connectivity index (χ1) is 25.7. The molecule has 5 aromatic carbocycles. The summed E-state index contributed by atoms with van der Waals surface area (Å²) in [6.45, 7) is 1.35. The van der Waals surface area contributed by atoms with Gasteiger partial charge in [0, 0.05) is 6.20 Å². The Morgan fingerprint density at radius 1 is 0.596 bits per heavy atom. The van der Waals surface area contributed by atoms with Crippen LogP contribution in [-0.2, 0) is 50.1 Å². The lowest BCUT2D eigenvalue weighted by molar-refractivity contribution is -0.299. The quantitative estimate of drug-likeness (QED) is 0.122. The first-order valence-corrected chi connectivity index (χ1v) is 17.5. The van der Waals surface area contributed by atoms with Gasteiger partial charge >= 0.3 is 5.97 Å². The molecule has 0 bridgehead atoms. The standard InChI is InChI=1S/C43H39NO8/c45-42-33-23-44-34-21-22-35(47-25-30-15-7-2-8-16-30)38(37(33)34)52-43-41(51-42)40(49-27-32-19-11-4-12-20-32)39(48-26-31-17-9-3-10-18-31)36(50-43)28-46-24-29-13-5-1-6-14-29/h1-23,36,39-41,43-44H,24-28H2/t36-,39-,40+,41-,43+/m1/s1. The van der Waals surface area contributed by atoms with Crippen molar-refractivity contribution in [2.75, 3.05) is 6.61 Å². The zero-order valence-electron chi connectivity index (χ0n) is 28.5. The van der Waals surface area contributed by atoms with Crippen LogP contribution in [0.5, 0.6) is 11.5 Å². The fraction of sp³-hybridized carbons (Fsp3) is 0.233. The third-order valence-corrected chi connectivity index (χ3v) is 9.25. The van der Waals surface area contributed by atoms with Crippen molar-refractivity contribution in [3.8, 4) is 11.5 Å². The predicted octanol–water partition coefficient (Wildman–Crippen LogP) is 7.78. The number of carbonyl (C=O) groups excluding carboxylic acids is 1. The van der Waals surface area contributed by atoms with E-state index >= 15 is 0 Å². The molecule has 0 saturated carbocycles. The van der Waals surface area contributed by atoms with E-state index in [4.69, 9.17) is 33.2 Å². The second-order valence-electron chi connectivity index (χ2n) is 12.8. The maximum absolute atomic E-state index is 14.1. The first kappa shape index (κ1) is 33.7. The zero-order chi connectivity index (χ0) is 35.1. The fourth-order valence-electron chi connectivity index (χ4n) is 6.63. The summed E-state index contributed by atoms with van der Waals surface area (Å²) in [7, 11) is 0. The molecular weight excluding hydrogens is 658 g/mol. The topological polar surface area (TPSA) is 97.5 Å². The number of aromatic nitrogens is 1. The number of rotatable bonds is 13. The second-order valence-corrected chi connectivity index (χ2v) is 12.8. The Hall–Kier alpha value is -5.45. The van der Waals surface area contributed by atoms with Crippen molar-refractivity contribution in [1.82, 2.24) is 4.98 Å². The Kier molecular flexibility index (Phi) is 10.3. The molecule has 0 radical (unpaired) electrons. The highest BCUT2D eigenvalue weighted by Crippen LogP contribution is 2.43. The van der Waals surface area contributed by atoms with Gasteiger partial charge in [-0.2, -0.15) is 0 Å². The lowest BCUT2D eigenvalue weighted by Crippen LogP contribution is -2.63. The van der Waals surface area contributed by atoms with E-state index in [1.165, 1.54) is 0 Å². The van der Waals surface area contributed by atoms with Crippen molar-refractivity contribution in [2.45, 2.75) is 57.1 Å². The molecule has 264 valence electrons. The highest BCUT2D eigenvalue weighted by atomic mass is 16.7. The van der Waals surface area contributed by atoms with Crippen molar-refractivity contribution >= 4 is 16.9 Å². The molecule has 1 N–H and O–H groups in total. The zero-order valence-corrected chi connectivity index (χ0v) is 28.5. The van der Waals surface area contributed by atoms with E-state index in [9.17, 15) is 4.79 Å². The summed E-state index contributed by atoms with van der Waals surface area (Å²) in [4.78, 5) is 17.2. The summed E-state index contributed by atoms with van der Waals surface area (Å²) in [5.41, 5.74) is 4.97. The molecular formula is C43H39NO8. The molecule has 1 fully saturated rings. The van der Waals surface area contributed by atoms with Gasteiger partial charge in [0.1, 0.15) is 24.9 Å². The summed E-state index contributed by atoms with van der Waals surface area (Å²) in [5.74, 6) is 0.310. The fourth-order valence-corrected chi connectivity index (χ4v) is 6.63. The number of hydrogen-bond acceptors (Lipinski definition) is 8. The Bertz CT molecular complexity index is 2060. The predicted molar refractivity (Wildman–Crippen MR) is 194 cm³/mol. The van der Waals surface area contributed by atoms with Gasteiger partial charge in [-0.3, -0.25) is 0 Å². The summed E-state index contributed by atoms with van der Waals surface area (Å²) in [6.07, 6.45) is -2.63. The van der Waals surface area contributed by atoms with Gasteiger partial charge in [-0.05, 0) is 34.4 Å². The van der Waals surface area contributed by atoms with Crippen LogP contribution in [0.3, 0.4) is 0 Å². The molecule has 8 rings (SSSR count). The molecule has 9 heteroatoms. The van der Waals surface area contributed by atoms with E-state index < -0.39 is 36.7 Å². The van der Waals surface area contributed by atoms with Crippen LogP contribution >= 0.6 is 0 Å². The Balaban J connectivity index is 1.15. The molecule has 2 aliphatic rings. The molecule has 0 amide bonds. The molecule has 0 aliphatic carbocycles. The average Bonchev–Trinajstić information content (AvgIpc) is 3.63. The number of carbonyl (C=O) groups is 1. The van der Waals surface area contributed by atoms with Gasteiger partial charge < -0.3 is 38.1 Å². The molecule has 3 heterocycles. The number of fused-ring (bicyclic) bond motifs is 1. The molecule has 1 aromatic heterocycles. The van der Waals surface area contributed by atoms with Crippen molar-refractivity contribution < 1.29 is 38.0 Å². The van der Waals surface area contributed by atoms with E-state index in [0.717, 1.165) is 22.3 Å². The Morgan fingerprint density at radius 2 is 1.15 bits per heavy atom. The summed E-state index contributed by atoms with van der Waals surface area (Å²) >= 11 is 0. The number of ether oxygens (including phenoxy) is 7. The summed E-state index contributed by atoms with van der Waals surface area (Å²) in [5, 5.41) is 0.554. The number of nitrogens with one attached hydrogen (secondary N) is 1. The van der Waals surface area contributed by atoms with Crippen LogP contribution in [0.25, 0.3) is 10.9 Å². The minimum Gasteiger partial charge on any atom is -0.485 e. The van der Waals surface area contributed by atoms with Crippen LogP contribution in [0.2, 0.25) is 0 Å². The number of hydrogen-bond donors (Lipinski definition) is 1. The van der Waals surface area contributed by atoms with E-state index in [-0.39, 0.29) is 19.8 Å². The van der Waals surface area contributed by atoms with E-state index in [0.29, 0.717) is 41.2 Å². The maximum atomic E-state index is 14.1. The molecule has 0 spiro atoms. The summed E-state index contributed by atoms with van der Waals surface area (Å²) < 4.78 is 45.8. The van der Waals surface area contributed by atoms with Gasteiger partial charge in [-0.1, -0.05) is 121 Å². The third-order valence-electron chi connectivity index (χ3n) is 9.25.